The predicted molar refractivity (Wildman–Crippen MR) is 66.8 cm³/mol. The maximum Gasteiger partial charge on any atom is 0.250 e. The maximum atomic E-state index is 11.1. The summed E-state index contributed by atoms with van der Waals surface area (Å²) < 4.78 is 1.73. The Balaban J connectivity index is 2.13. The quantitative estimate of drug-likeness (QED) is 0.703. The third-order valence-corrected chi connectivity index (χ3v) is 2.77. The molecule has 0 saturated heterocycles. The SMILES string of the molecule is Cn1cc(-c2cc3cc(C(N)=O)cnc3[nH]2)cn1. The molecule has 6 nitrogen and oxygen atoms in total. The zero-order chi connectivity index (χ0) is 12.7. The highest BCUT2D eigenvalue weighted by molar-refractivity contribution is 5.96. The molecule has 3 aromatic rings. The Hall–Kier alpha value is -2.63. The molecule has 0 aliphatic carbocycles. The molecule has 18 heavy (non-hydrogen) atoms. The van der Waals surface area contributed by atoms with Gasteiger partial charge in [-0.05, 0) is 12.1 Å². The van der Waals surface area contributed by atoms with Crippen LogP contribution >= 0.6 is 0 Å². The number of aromatic nitrogens is 4. The van der Waals surface area contributed by atoms with Crippen LogP contribution in [0.5, 0.6) is 0 Å². The second-order valence-corrected chi connectivity index (χ2v) is 4.11. The standard InChI is InChI=1S/C12H11N5O/c1-17-6-9(5-15-17)10-3-7-2-8(11(13)18)4-14-12(7)16-10/h2-6H,1H3,(H2,13,18)(H,14,16). The first-order valence-electron chi connectivity index (χ1n) is 5.41. The number of hydrogen-bond donors (Lipinski definition) is 2. The molecule has 0 bridgehead atoms. The maximum absolute atomic E-state index is 11.1. The molecule has 0 aromatic carbocycles. The third-order valence-electron chi connectivity index (χ3n) is 2.77. The van der Waals surface area contributed by atoms with E-state index in [2.05, 4.69) is 15.1 Å². The van der Waals surface area contributed by atoms with Crippen LogP contribution in [0.1, 0.15) is 10.4 Å². The fourth-order valence-corrected chi connectivity index (χ4v) is 1.87. The van der Waals surface area contributed by atoms with Gasteiger partial charge in [-0.3, -0.25) is 9.48 Å². The zero-order valence-corrected chi connectivity index (χ0v) is 9.71. The first-order chi connectivity index (χ1) is 8.63. The average Bonchev–Trinajstić information content (AvgIpc) is 2.93. The molecule has 0 fully saturated rings. The van der Waals surface area contributed by atoms with Gasteiger partial charge in [0.05, 0.1) is 17.5 Å². The summed E-state index contributed by atoms with van der Waals surface area (Å²) in [5.74, 6) is -0.478. The monoisotopic (exact) mass is 241 g/mol. The number of primary amides is 1. The Morgan fingerprint density at radius 1 is 1.39 bits per heavy atom. The number of nitrogens with zero attached hydrogens (tertiary/aromatic N) is 3. The van der Waals surface area contributed by atoms with Crippen LogP contribution in [0.25, 0.3) is 22.3 Å². The molecule has 0 atom stereocenters. The summed E-state index contributed by atoms with van der Waals surface area (Å²) in [5.41, 5.74) is 8.22. The van der Waals surface area contributed by atoms with E-state index in [0.29, 0.717) is 5.56 Å². The Morgan fingerprint density at radius 2 is 2.22 bits per heavy atom. The largest absolute Gasteiger partial charge is 0.366 e. The minimum atomic E-state index is -0.478. The number of fused-ring (bicyclic) bond motifs is 1. The van der Waals surface area contributed by atoms with Gasteiger partial charge in [0.25, 0.3) is 0 Å². The number of hydrogen-bond acceptors (Lipinski definition) is 3. The number of carbonyl (C=O) groups excluding carboxylic acids is 1. The summed E-state index contributed by atoms with van der Waals surface area (Å²) in [6, 6.07) is 3.65. The first-order valence-corrected chi connectivity index (χ1v) is 5.41. The number of amides is 1. The highest BCUT2D eigenvalue weighted by Gasteiger charge is 2.08. The molecule has 90 valence electrons. The number of nitrogens with one attached hydrogen (secondary N) is 1. The highest BCUT2D eigenvalue weighted by atomic mass is 16.1. The summed E-state index contributed by atoms with van der Waals surface area (Å²) in [6.07, 6.45) is 5.13. The summed E-state index contributed by atoms with van der Waals surface area (Å²) in [6.45, 7) is 0. The predicted octanol–water partition coefficient (Wildman–Crippen LogP) is 1.06. The molecule has 0 unspecified atom stereocenters. The minimum absolute atomic E-state index is 0.402. The number of aromatic amines is 1. The van der Waals surface area contributed by atoms with Crippen LogP contribution in [-0.2, 0) is 7.05 Å². The molecule has 3 aromatic heterocycles. The van der Waals surface area contributed by atoms with Crippen molar-refractivity contribution in [3.8, 4) is 11.3 Å². The van der Waals surface area contributed by atoms with Crippen LogP contribution in [0.3, 0.4) is 0 Å². The van der Waals surface area contributed by atoms with Gasteiger partial charge < -0.3 is 10.7 Å². The van der Waals surface area contributed by atoms with Crippen molar-refractivity contribution < 1.29 is 4.79 Å². The molecule has 0 saturated carbocycles. The number of aryl methyl sites for hydroxylation is 1. The van der Waals surface area contributed by atoms with E-state index in [-0.39, 0.29) is 0 Å². The van der Waals surface area contributed by atoms with E-state index in [4.69, 9.17) is 5.73 Å². The topological polar surface area (TPSA) is 89.6 Å². The van der Waals surface area contributed by atoms with Gasteiger partial charge in [0.2, 0.25) is 5.91 Å². The van der Waals surface area contributed by atoms with Gasteiger partial charge in [-0.2, -0.15) is 5.10 Å². The van der Waals surface area contributed by atoms with Crippen molar-refractivity contribution in [2.45, 2.75) is 0 Å². The second-order valence-electron chi connectivity index (χ2n) is 4.11. The van der Waals surface area contributed by atoms with Crippen LogP contribution in [0.2, 0.25) is 0 Å². The lowest BCUT2D eigenvalue weighted by molar-refractivity contribution is 0.1000. The van der Waals surface area contributed by atoms with Crippen LogP contribution in [-0.4, -0.2) is 25.7 Å². The minimum Gasteiger partial charge on any atom is -0.366 e. The third kappa shape index (κ3) is 1.64. The molecule has 0 aliphatic heterocycles. The number of carbonyl (C=O) groups is 1. The summed E-state index contributed by atoms with van der Waals surface area (Å²) in [7, 11) is 1.86. The van der Waals surface area contributed by atoms with E-state index < -0.39 is 5.91 Å². The van der Waals surface area contributed by atoms with Gasteiger partial charge in [-0.15, -0.1) is 0 Å². The fraction of sp³-hybridized carbons (Fsp3) is 0.0833. The fourth-order valence-electron chi connectivity index (χ4n) is 1.87. The number of nitrogens with two attached hydrogens (primary N) is 1. The number of H-pyrrole nitrogens is 1. The van der Waals surface area contributed by atoms with Gasteiger partial charge in [0.1, 0.15) is 5.65 Å². The van der Waals surface area contributed by atoms with Crippen molar-refractivity contribution in [2.75, 3.05) is 0 Å². The first kappa shape index (κ1) is 10.5. The Labute approximate surface area is 102 Å². The van der Waals surface area contributed by atoms with E-state index >= 15 is 0 Å². The summed E-state index contributed by atoms with van der Waals surface area (Å²) in [4.78, 5) is 18.4. The van der Waals surface area contributed by atoms with Gasteiger partial charge in [-0.25, -0.2) is 4.98 Å². The van der Waals surface area contributed by atoms with Crippen molar-refractivity contribution in [3.63, 3.8) is 0 Å². The van der Waals surface area contributed by atoms with Crippen molar-refractivity contribution in [1.82, 2.24) is 19.7 Å². The number of rotatable bonds is 2. The molecule has 3 heterocycles. The number of pyridine rings is 1. The summed E-state index contributed by atoms with van der Waals surface area (Å²) >= 11 is 0. The van der Waals surface area contributed by atoms with Crippen LogP contribution in [0.15, 0.2) is 30.7 Å². The lowest BCUT2D eigenvalue weighted by Crippen LogP contribution is -2.10. The normalized spacial score (nSPS) is 10.9. The van der Waals surface area contributed by atoms with E-state index in [9.17, 15) is 4.79 Å². The summed E-state index contributed by atoms with van der Waals surface area (Å²) in [5, 5.41) is 4.96. The molecule has 0 spiro atoms. The van der Waals surface area contributed by atoms with E-state index in [1.54, 1.807) is 16.9 Å². The van der Waals surface area contributed by atoms with Crippen molar-refractivity contribution in [1.29, 1.82) is 0 Å². The molecular weight excluding hydrogens is 230 g/mol. The molecule has 0 radical (unpaired) electrons. The smallest absolute Gasteiger partial charge is 0.250 e. The van der Waals surface area contributed by atoms with Crippen LogP contribution in [0.4, 0.5) is 0 Å². The molecule has 3 N–H and O–H groups in total. The van der Waals surface area contributed by atoms with Crippen LogP contribution in [0, 0.1) is 0 Å². The second kappa shape index (κ2) is 3.69. The molecular formula is C12H11N5O. The van der Waals surface area contributed by atoms with E-state index in [1.807, 2.05) is 19.3 Å². The Kier molecular flexibility index (Phi) is 2.16. The molecule has 6 heteroatoms. The lowest BCUT2D eigenvalue weighted by Gasteiger charge is -1.93. The molecule has 3 rings (SSSR count). The van der Waals surface area contributed by atoms with Gasteiger partial charge in [0, 0.05) is 30.4 Å². The Bertz CT molecular complexity index is 740. The molecule has 1 amide bonds. The van der Waals surface area contributed by atoms with Gasteiger partial charge in [0.15, 0.2) is 0 Å². The lowest BCUT2D eigenvalue weighted by atomic mass is 10.2. The van der Waals surface area contributed by atoms with Gasteiger partial charge >= 0.3 is 0 Å². The van der Waals surface area contributed by atoms with Crippen molar-refractivity contribution in [2.24, 2.45) is 12.8 Å². The zero-order valence-electron chi connectivity index (χ0n) is 9.71. The van der Waals surface area contributed by atoms with Crippen molar-refractivity contribution in [3.05, 3.63) is 36.3 Å². The highest BCUT2D eigenvalue weighted by Crippen LogP contribution is 2.22. The van der Waals surface area contributed by atoms with Gasteiger partial charge in [-0.1, -0.05) is 0 Å². The Morgan fingerprint density at radius 3 is 2.89 bits per heavy atom. The molecule has 0 aliphatic rings. The average molecular weight is 241 g/mol. The van der Waals surface area contributed by atoms with E-state index in [0.717, 1.165) is 22.3 Å². The van der Waals surface area contributed by atoms with Crippen LogP contribution < -0.4 is 5.73 Å². The van der Waals surface area contributed by atoms with E-state index in [1.165, 1.54) is 6.20 Å². The van der Waals surface area contributed by atoms with Crippen molar-refractivity contribution >= 4 is 16.9 Å².